The Morgan fingerprint density at radius 3 is 2.86 bits per heavy atom. The Bertz CT molecular complexity index is 155. The van der Waals surface area contributed by atoms with E-state index in [9.17, 15) is 0 Å². The van der Waals surface area contributed by atoms with Crippen molar-refractivity contribution in [2.24, 2.45) is 11.7 Å². The number of nitrogens with one attached hydrogen (secondary N) is 1. The summed E-state index contributed by atoms with van der Waals surface area (Å²) in [5.74, 6) is 0.623. The van der Waals surface area contributed by atoms with Crippen molar-refractivity contribution in [3.8, 4) is 0 Å². The Labute approximate surface area is 87.4 Å². The highest BCUT2D eigenvalue weighted by Gasteiger charge is 2.29. The molecule has 0 saturated carbocycles. The molecule has 0 amide bonds. The maximum Gasteiger partial charge on any atom is 0.0646 e. The van der Waals surface area contributed by atoms with Crippen LogP contribution in [0.5, 0.6) is 0 Å². The molecule has 2 unspecified atom stereocenters. The Morgan fingerprint density at radius 2 is 2.36 bits per heavy atom. The minimum Gasteiger partial charge on any atom is -0.379 e. The molecule has 0 aromatic heterocycles. The molecule has 1 saturated heterocycles. The van der Waals surface area contributed by atoms with Crippen LogP contribution in [0.1, 0.15) is 33.1 Å². The average Bonchev–Trinajstić information content (AvgIpc) is 2.60. The van der Waals surface area contributed by atoms with Crippen molar-refractivity contribution in [2.45, 2.75) is 38.6 Å². The van der Waals surface area contributed by atoms with Crippen molar-refractivity contribution in [3.63, 3.8) is 0 Å². The lowest BCUT2D eigenvalue weighted by molar-refractivity contribution is 0.169. The summed E-state index contributed by atoms with van der Waals surface area (Å²) in [6, 6.07) is 0. The number of hydrogen-bond acceptors (Lipinski definition) is 3. The van der Waals surface area contributed by atoms with E-state index in [-0.39, 0.29) is 5.54 Å². The van der Waals surface area contributed by atoms with E-state index in [0.29, 0.717) is 5.92 Å². The van der Waals surface area contributed by atoms with Crippen LogP contribution in [0.3, 0.4) is 0 Å². The first-order valence-corrected chi connectivity index (χ1v) is 5.73. The first kappa shape index (κ1) is 12.0. The van der Waals surface area contributed by atoms with E-state index in [2.05, 4.69) is 19.2 Å². The minimum atomic E-state index is 0.196. The molecular formula is C11H24N2O. The van der Waals surface area contributed by atoms with Gasteiger partial charge in [0.05, 0.1) is 6.61 Å². The van der Waals surface area contributed by atoms with Gasteiger partial charge >= 0.3 is 0 Å². The van der Waals surface area contributed by atoms with Crippen molar-refractivity contribution < 1.29 is 4.74 Å². The van der Waals surface area contributed by atoms with Gasteiger partial charge in [-0.05, 0) is 38.8 Å². The van der Waals surface area contributed by atoms with E-state index in [0.717, 1.165) is 32.7 Å². The van der Waals surface area contributed by atoms with Crippen molar-refractivity contribution in [1.82, 2.24) is 5.32 Å². The zero-order valence-electron chi connectivity index (χ0n) is 9.51. The second-order valence-electron chi connectivity index (χ2n) is 4.63. The molecule has 0 aliphatic carbocycles. The minimum absolute atomic E-state index is 0.196. The van der Waals surface area contributed by atoms with Crippen LogP contribution in [-0.4, -0.2) is 31.8 Å². The van der Waals surface area contributed by atoms with E-state index in [1.807, 2.05) is 0 Å². The van der Waals surface area contributed by atoms with Gasteiger partial charge in [0.15, 0.2) is 0 Å². The molecule has 1 aliphatic heterocycles. The van der Waals surface area contributed by atoms with Gasteiger partial charge < -0.3 is 15.8 Å². The maximum absolute atomic E-state index is 5.72. The first-order valence-electron chi connectivity index (χ1n) is 5.73. The zero-order chi connectivity index (χ0) is 10.4. The van der Waals surface area contributed by atoms with Gasteiger partial charge in [-0.15, -0.1) is 0 Å². The average molecular weight is 200 g/mol. The topological polar surface area (TPSA) is 47.3 Å². The van der Waals surface area contributed by atoms with Crippen LogP contribution >= 0.6 is 0 Å². The Morgan fingerprint density at radius 1 is 1.57 bits per heavy atom. The van der Waals surface area contributed by atoms with E-state index < -0.39 is 0 Å². The third kappa shape index (κ3) is 3.56. The molecular weight excluding hydrogens is 176 g/mol. The molecule has 3 N–H and O–H groups in total. The lowest BCUT2D eigenvalue weighted by Gasteiger charge is -2.26. The summed E-state index contributed by atoms with van der Waals surface area (Å²) < 4.78 is 5.39. The molecule has 1 fully saturated rings. The van der Waals surface area contributed by atoms with Crippen molar-refractivity contribution in [2.75, 3.05) is 26.3 Å². The van der Waals surface area contributed by atoms with Crippen LogP contribution in [-0.2, 0) is 4.74 Å². The Kier molecular flexibility index (Phi) is 4.85. The van der Waals surface area contributed by atoms with Gasteiger partial charge in [0.1, 0.15) is 0 Å². The van der Waals surface area contributed by atoms with Gasteiger partial charge in [-0.2, -0.15) is 0 Å². The highest BCUT2D eigenvalue weighted by Crippen LogP contribution is 2.18. The fourth-order valence-corrected chi connectivity index (χ4v) is 1.91. The molecule has 0 spiro atoms. The summed E-state index contributed by atoms with van der Waals surface area (Å²) in [5, 5.41) is 3.59. The maximum atomic E-state index is 5.72. The first-order chi connectivity index (χ1) is 6.70. The molecule has 3 nitrogen and oxygen atoms in total. The molecule has 2 atom stereocenters. The molecule has 1 aliphatic rings. The number of nitrogens with two attached hydrogens (primary N) is 1. The van der Waals surface area contributed by atoms with Gasteiger partial charge in [-0.25, -0.2) is 0 Å². The number of rotatable bonds is 6. The quantitative estimate of drug-likeness (QED) is 0.675. The molecule has 0 aromatic rings. The predicted molar refractivity (Wildman–Crippen MR) is 59.3 cm³/mol. The molecule has 14 heavy (non-hydrogen) atoms. The van der Waals surface area contributed by atoms with Gasteiger partial charge in [0.25, 0.3) is 0 Å². The van der Waals surface area contributed by atoms with E-state index >= 15 is 0 Å². The SMILES string of the molecule is CCCC(CN)CNC1(C)CCOC1. The summed E-state index contributed by atoms with van der Waals surface area (Å²) in [7, 11) is 0. The van der Waals surface area contributed by atoms with E-state index in [1.54, 1.807) is 0 Å². The van der Waals surface area contributed by atoms with Gasteiger partial charge in [0.2, 0.25) is 0 Å². The summed E-state index contributed by atoms with van der Waals surface area (Å²) in [6.07, 6.45) is 3.56. The number of hydrogen-bond donors (Lipinski definition) is 2. The normalized spacial score (nSPS) is 29.4. The fourth-order valence-electron chi connectivity index (χ4n) is 1.91. The monoisotopic (exact) mass is 200 g/mol. The molecule has 1 rings (SSSR count). The highest BCUT2D eigenvalue weighted by atomic mass is 16.5. The van der Waals surface area contributed by atoms with Gasteiger partial charge in [0, 0.05) is 12.1 Å². The lowest BCUT2D eigenvalue weighted by atomic mass is 9.98. The van der Waals surface area contributed by atoms with Crippen molar-refractivity contribution in [1.29, 1.82) is 0 Å². The van der Waals surface area contributed by atoms with E-state index in [4.69, 9.17) is 10.5 Å². The number of ether oxygens (including phenoxy) is 1. The second kappa shape index (κ2) is 5.69. The Hall–Kier alpha value is -0.120. The summed E-state index contributed by atoms with van der Waals surface area (Å²) >= 11 is 0. The third-order valence-corrected chi connectivity index (χ3v) is 3.07. The summed E-state index contributed by atoms with van der Waals surface area (Å²) in [4.78, 5) is 0. The van der Waals surface area contributed by atoms with Gasteiger partial charge in [-0.1, -0.05) is 13.3 Å². The molecule has 0 radical (unpaired) electrons. The fraction of sp³-hybridized carbons (Fsp3) is 1.00. The third-order valence-electron chi connectivity index (χ3n) is 3.07. The van der Waals surface area contributed by atoms with Crippen LogP contribution in [0.4, 0.5) is 0 Å². The van der Waals surface area contributed by atoms with Crippen molar-refractivity contribution in [3.05, 3.63) is 0 Å². The molecule has 0 bridgehead atoms. The van der Waals surface area contributed by atoms with Crippen LogP contribution in [0, 0.1) is 5.92 Å². The largest absolute Gasteiger partial charge is 0.379 e. The van der Waals surface area contributed by atoms with Gasteiger partial charge in [-0.3, -0.25) is 0 Å². The standard InChI is InChI=1S/C11H24N2O/c1-3-4-10(7-12)8-13-11(2)5-6-14-9-11/h10,13H,3-9,12H2,1-2H3. The van der Waals surface area contributed by atoms with Crippen LogP contribution in [0.15, 0.2) is 0 Å². The summed E-state index contributed by atoms with van der Waals surface area (Å²) in [5.41, 5.74) is 5.91. The highest BCUT2D eigenvalue weighted by molar-refractivity contribution is 4.87. The van der Waals surface area contributed by atoms with Crippen LogP contribution < -0.4 is 11.1 Å². The molecule has 1 heterocycles. The lowest BCUT2D eigenvalue weighted by Crippen LogP contribution is -2.46. The molecule has 84 valence electrons. The zero-order valence-corrected chi connectivity index (χ0v) is 9.51. The smallest absolute Gasteiger partial charge is 0.0646 e. The van der Waals surface area contributed by atoms with E-state index in [1.165, 1.54) is 12.8 Å². The summed E-state index contributed by atoms with van der Waals surface area (Å²) in [6.45, 7) is 8.01. The molecule has 0 aromatic carbocycles. The second-order valence-corrected chi connectivity index (χ2v) is 4.63. The predicted octanol–water partition coefficient (Wildman–Crippen LogP) is 1.13. The van der Waals surface area contributed by atoms with Crippen LogP contribution in [0.2, 0.25) is 0 Å². The molecule has 3 heteroatoms. The van der Waals surface area contributed by atoms with Crippen LogP contribution in [0.25, 0.3) is 0 Å². The van der Waals surface area contributed by atoms with Crippen molar-refractivity contribution >= 4 is 0 Å². The Balaban J connectivity index is 2.23.